The molecule has 1 aromatic carbocycles. The summed E-state index contributed by atoms with van der Waals surface area (Å²) >= 11 is 0. The van der Waals surface area contributed by atoms with Crippen molar-refractivity contribution in [3.8, 4) is 11.3 Å². The third-order valence-corrected chi connectivity index (χ3v) is 3.42. The Morgan fingerprint density at radius 1 is 1.24 bits per heavy atom. The first kappa shape index (κ1) is 10.5. The van der Waals surface area contributed by atoms with Gasteiger partial charge in [0.05, 0.1) is 5.69 Å². The van der Waals surface area contributed by atoms with E-state index in [0.29, 0.717) is 6.54 Å². The summed E-state index contributed by atoms with van der Waals surface area (Å²) in [5, 5.41) is 0. The average Bonchev–Trinajstić information content (AvgIpc) is 2.82. The van der Waals surface area contributed by atoms with Gasteiger partial charge in [0.1, 0.15) is 5.82 Å². The molecule has 1 aliphatic rings. The lowest BCUT2D eigenvalue weighted by atomic mass is 10.1. The Labute approximate surface area is 101 Å². The number of nitrogens with two attached hydrogens (primary N) is 1. The normalized spacial score (nSPS) is 14.6. The van der Waals surface area contributed by atoms with E-state index in [2.05, 4.69) is 22.9 Å². The molecular formula is C14H17N3. The number of aryl methyl sites for hydroxylation is 2. The number of benzene rings is 1. The quantitative estimate of drug-likeness (QED) is 0.855. The molecule has 0 bridgehead atoms. The summed E-state index contributed by atoms with van der Waals surface area (Å²) < 4.78 is 2.28. The maximum atomic E-state index is 5.78. The second-order valence-electron chi connectivity index (χ2n) is 4.55. The van der Waals surface area contributed by atoms with Crippen LogP contribution in [0.3, 0.4) is 0 Å². The maximum Gasteiger partial charge on any atom is 0.109 e. The molecule has 3 rings (SSSR count). The molecule has 1 aromatic heterocycles. The molecule has 2 heterocycles. The van der Waals surface area contributed by atoms with E-state index in [1.807, 2.05) is 12.1 Å². The maximum absolute atomic E-state index is 5.78. The van der Waals surface area contributed by atoms with Gasteiger partial charge in [-0.3, -0.25) is 0 Å². The van der Waals surface area contributed by atoms with Crippen molar-refractivity contribution in [2.45, 2.75) is 32.4 Å². The van der Waals surface area contributed by atoms with Crippen molar-refractivity contribution < 1.29 is 0 Å². The molecule has 0 atom stereocenters. The summed E-state index contributed by atoms with van der Waals surface area (Å²) in [5.41, 5.74) is 9.19. The molecule has 1 aliphatic heterocycles. The zero-order valence-electron chi connectivity index (χ0n) is 9.89. The Kier molecular flexibility index (Phi) is 2.69. The van der Waals surface area contributed by atoms with Gasteiger partial charge in [-0.2, -0.15) is 0 Å². The van der Waals surface area contributed by atoms with E-state index < -0.39 is 0 Å². The summed E-state index contributed by atoms with van der Waals surface area (Å²) in [7, 11) is 0. The first-order valence-electron chi connectivity index (χ1n) is 6.23. The minimum atomic E-state index is 0.568. The van der Waals surface area contributed by atoms with Gasteiger partial charge in [-0.25, -0.2) is 4.98 Å². The van der Waals surface area contributed by atoms with E-state index in [4.69, 9.17) is 10.7 Å². The Morgan fingerprint density at radius 3 is 2.94 bits per heavy atom. The highest BCUT2D eigenvalue weighted by Gasteiger charge is 2.14. The molecule has 3 heteroatoms. The second-order valence-corrected chi connectivity index (χ2v) is 4.55. The molecule has 2 aromatic rings. The molecule has 2 N–H and O–H groups in total. The van der Waals surface area contributed by atoms with Gasteiger partial charge in [0.15, 0.2) is 0 Å². The van der Waals surface area contributed by atoms with Crippen LogP contribution in [-0.2, 0) is 19.5 Å². The minimum Gasteiger partial charge on any atom is -0.334 e. The molecule has 17 heavy (non-hydrogen) atoms. The molecule has 0 radical (unpaired) electrons. The van der Waals surface area contributed by atoms with Gasteiger partial charge in [0.25, 0.3) is 0 Å². The third kappa shape index (κ3) is 1.87. The molecule has 0 spiro atoms. The number of rotatable bonds is 2. The molecule has 0 aliphatic carbocycles. The van der Waals surface area contributed by atoms with Crippen LogP contribution in [0.1, 0.15) is 24.2 Å². The number of fused-ring (bicyclic) bond motifs is 1. The van der Waals surface area contributed by atoms with Crippen LogP contribution in [0.2, 0.25) is 0 Å². The number of hydrogen-bond acceptors (Lipinski definition) is 2. The Hall–Kier alpha value is -1.61. The standard InChI is InChI=1S/C14H17N3/c15-9-11-5-1-2-6-12(11)13-10-17-8-4-3-7-14(17)16-13/h1-2,5-6,10H,3-4,7-9,15H2. The lowest BCUT2D eigenvalue weighted by Crippen LogP contribution is -2.08. The van der Waals surface area contributed by atoms with Crippen LogP contribution in [-0.4, -0.2) is 9.55 Å². The van der Waals surface area contributed by atoms with Crippen LogP contribution in [0.15, 0.2) is 30.5 Å². The van der Waals surface area contributed by atoms with Crippen LogP contribution in [0.5, 0.6) is 0 Å². The molecule has 0 unspecified atom stereocenters. The molecule has 0 saturated carbocycles. The molecule has 0 fully saturated rings. The second kappa shape index (κ2) is 4.34. The van der Waals surface area contributed by atoms with Crippen molar-refractivity contribution in [1.82, 2.24) is 9.55 Å². The summed E-state index contributed by atoms with van der Waals surface area (Å²) in [5.74, 6) is 1.22. The number of hydrogen-bond donors (Lipinski definition) is 1. The summed E-state index contributed by atoms with van der Waals surface area (Å²) in [6.45, 7) is 1.67. The van der Waals surface area contributed by atoms with Crippen molar-refractivity contribution in [3.05, 3.63) is 41.9 Å². The number of nitrogens with zero attached hydrogens (tertiary/aromatic N) is 2. The fourth-order valence-electron chi connectivity index (χ4n) is 2.49. The van der Waals surface area contributed by atoms with Gasteiger partial charge >= 0.3 is 0 Å². The van der Waals surface area contributed by atoms with Gasteiger partial charge in [-0.1, -0.05) is 24.3 Å². The predicted molar refractivity (Wildman–Crippen MR) is 68.5 cm³/mol. The van der Waals surface area contributed by atoms with E-state index >= 15 is 0 Å². The molecule has 88 valence electrons. The monoisotopic (exact) mass is 227 g/mol. The van der Waals surface area contributed by atoms with Gasteiger partial charge in [-0.15, -0.1) is 0 Å². The first-order valence-corrected chi connectivity index (χ1v) is 6.23. The molecule has 3 nitrogen and oxygen atoms in total. The predicted octanol–water partition coefficient (Wildman–Crippen LogP) is 2.35. The van der Waals surface area contributed by atoms with Gasteiger partial charge in [0, 0.05) is 31.3 Å². The Balaban J connectivity index is 2.06. The third-order valence-electron chi connectivity index (χ3n) is 3.42. The van der Waals surface area contributed by atoms with E-state index in [1.165, 1.54) is 29.8 Å². The fourth-order valence-corrected chi connectivity index (χ4v) is 2.49. The lowest BCUT2D eigenvalue weighted by Gasteiger charge is -2.11. The van der Waals surface area contributed by atoms with Crippen molar-refractivity contribution >= 4 is 0 Å². The Morgan fingerprint density at radius 2 is 2.12 bits per heavy atom. The molecule has 0 saturated heterocycles. The molecular weight excluding hydrogens is 210 g/mol. The summed E-state index contributed by atoms with van der Waals surface area (Å²) in [4.78, 5) is 4.74. The number of imidazole rings is 1. The van der Waals surface area contributed by atoms with E-state index in [0.717, 1.165) is 18.7 Å². The minimum absolute atomic E-state index is 0.568. The van der Waals surface area contributed by atoms with Gasteiger partial charge < -0.3 is 10.3 Å². The highest BCUT2D eigenvalue weighted by Crippen LogP contribution is 2.25. The van der Waals surface area contributed by atoms with Gasteiger partial charge in [-0.05, 0) is 18.4 Å². The lowest BCUT2D eigenvalue weighted by molar-refractivity contribution is 0.522. The van der Waals surface area contributed by atoms with Gasteiger partial charge in [0.2, 0.25) is 0 Å². The highest BCUT2D eigenvalue weighted by atomic mass is 15.1. The van der Waals surface area contributed by atoms with Crippen LogP contribution in [0.4, 0.5) is 0 Å². The van der Waals surface area contributed by atoms with Crippen molar-refractivity contribution in [1.29, 1.82) is 0 Å². The number of aromatic nitrogens is 2. The van der Waals surface area contributed by atoms with E-state index in [-0.39, 0.29) is 0 Å². The zero-order chi connectivity index (χ0) is 11.7. The first-order chi connectivity index (χ1) is 8.38. The SMILES string of the molecule is NCc1ccccc1-c1cn2c(n1)CCCC2. The van der Waals surface area contributed by atoms with Crippen LogP contribution in [0, 0.1) is 0 Å². The smallest absolute Gasteiger partial charge is 0.109 e. The summed E-state index contributed by atoms with van der Waals surface area (Å²) in [6.07, 6.45) is 5.80. The van der Waals surface area contributed by atoms with E-state index in [1.54, 1.807) is 0 Å². The average molecular weight is 227 g/mol. The van der Waals surface area contributed by atoms with Crippen molar-refractivity contribution in [2.75, 3.05) is 0 Å². The van der Waals surface area contributed by atoms with Crippen molar-refractivity contribution in [3.63, 3.8) is 0 Å². The van der Waals surface area contributed by atoms with Crippen LogP contribution >= 0.6 is 0 Å². The molecule has 0 amide bonds. The van der Waals surface area contributed by atoms with Crippen LogP contribution in [0.25, 0.3) is 11.3 Å². The van der Waals surface area contributed by atoms with E-state index in [9.17, 15) is 0 Å². The van der Waals surface area contributed by atoms with Crippen LogP contribution < -0.4 is 5.73 Å². The topological polar surface area (TPSA) is 43.8 Å². The fraction of sp³-hybridized carbons (Fsp3) is 0.357. The zero-order valence-corrected chi connectivity index (χ0v) is 9.89. The largest absolute Gasteiger partial charge is 0.334 e. The van der Waals surface area contributed by atoms with Crippen molar-refractivity contribution in [2.24, 2.45) is 5.73 Å². The summed E-state index contributed by atoms with van der Waals surface area (Å²) in [6, 6.07) is 8.26. The Bertz CT molecular complexity index is 505. The highest BCUT2D eigenvalue weighted by molar-refractivity contribution is 5.63.